The number of phosphoric acid groups is 1. The van der Waals surface area contributed by atoms with Crippen molar-refractivity contribution < 1.29 is 32.9 Å². The molecule has 2 N–H and O–H groups in total. The predicted octanol–water partition coefficient (Wildman–Crippen LogP) is 11.8. The second-order valence-corrected chi connectivity index (χ2v) is 17.8. The molecule has 9 heteroatoms. The molecule has 0 radical (unpaired) electrons. The zero-order valence-corrected chi connectivity index (χ0v) is 37.3. The lowest BCUT2D eigenvalue weighted by Gasteiger charge is -2.29. The van der Waals surface area contributed by atoms with Crippen molar-refractivity contribution in [1.82, 2.24) is 5.32 Å². The molecule has 0 aliphatic carbocycles. The van der Waals surface area contributed by atoms with Crippen molar-refractivity contribution in [3.63, 3.8) is 0 Å². The Kier molecular flexibility index (Phi) is 36.9. The summed E-state index contributed by atoms with van der Waals surface area (Å²) < 4.78 is 23.1. The molecule has 0 heterocycles. The molecule has 0 spiro atoms. The quantitative estimate of drug-likeness (QED) is 0.0277. The number of nitrogens with one attached hydrogen (secondary N) is 1. The van der Waals surface area contributed by atoms with Crippen LogP contribution in [0.25, 0.3) is 0 Å². The zero-order valence-electron chi connectivity index (χ0n) is 36.4. The van der Waals surface area contributed by atoms with Crippen LogP contribution >= 0.6 is 7.82 Å². The maximum atomic E-state index is 12.8. The van der Waals surface area contributed by atoms with Gasteiger partial charge in [-0.25, -0.2) is 0 Å². The molecule has 322 valence electrons. The number of rotatable bonds is 40. The van der Waals surface area contributed by atoms with Crippen molar-refractivity contribution in [2.75, 3.05) is 40.9 Å². The van der Waals surface area contributed by atoms with Crippen molar-refractivity contribution in [3.05, 3.63) is 48.6 Å². The van der Waals surface area contributed by atoms with Gasteiger partial charge in [0.05, 0.1) is 39.9 Å². The molecule has 0 saturated heterocycles. The fourth-order valence-electron chi connectivity index (χ4n) is 6.10. The minimum Gasteiger partial charge on any atom is -0.756 e. The topological polar surface area (TPSA) is 108 Å². The van der Waals surface area contributed by atoms with Gasteiger partial charge in [-0.05, 0) is 64.2 Å². The lowest BCUT2D eigenvalue weighted by Crippen LogP contribution is -2.45. The van der Waals surface area contributed by atoms with Crippen LogP contribution < -0.4 is 10.2 Å². The second-order valence-electron chi connectivity index (χ2n) is 16.4. The summed E-state index contributed by atoms with van der Waals surface area (Å²) in [5, 5.41) is 13.7. The van der Waals surface area contributed by atoms with Gasteiger partial charge in [0.1, 0.15) is 13.2 Å². The third-order valence-electron chi connectivity index (χ3n) is 9.74. The Bertz CT molecular complexity index is 1040. The minimum absolute atomic E-state index is 0.0110. The molecule has 0 fully saturated rings. The zero-order chi connectivity index (χ0) is 40.7. The molecular weight excluding hydrogens is 707 g/mol. The summed E-state index contributed by atoms with van der Waals surface area (Å²) in [4.78, 5) is 25.3. The number of aliphatic hydroxyl groups is 1. The van der Waals surface area contributed by atoms with E-state index < -0.39 is 26.6 Å². The van der Waals surface area contributed by atoms with Gasteiger partial charge in [0.15, 0.2) is 0 Å². The number of quaternary nitrogens is 1. The predicted molar refractivity (Wildman–Crippen MR) is 233 cm³/mol. The molecule has 0 saturated carbocycles. The molecule has 3 unspecified atom stereocenters. The summed E-state index contributed by atoms with van der Waals surface area (Å²) >= 11 is 0. The van der Waals surface area contributed by atoms with Crippen LogP contribution in [0.5, 0.6) is 0 Å². The Morgan fingerprint density at radius 1 is 0.618 bits per heavy atom. The number of hydrogen-bond donors (Lipinski definition) is 2. The molecule has 0 rings (SSSR count). The lowest BCUT2D eigenvalue weighted by atomic mass is 10.1. The van der Waals surface area contributed by atoms with Gasteiger partial charge in [0.25, 0.3) is 7.82 Å². The third-order valence-corrected chi connectivity index (χ3v) is 10.7. The number of hydrogen-bond acceptors (Lipinski definition) is 6. The number of unbranched alkanes of at least 4 members (excludes halogenated alkanes) is 21. The molecule has 0 bridgehead atoms. The highest BCUT2D eigenvalue weighted by Crippen LogP contribution is 2.38. The van der Waals surface area contributed by atoms with Crippen molar-refractivity contribution in [2.45, 2.75) is 199 Å². The first-order valence-corrected chi connectivity index (χ1v) is 24.0. The van der Waals surface area contributed by atoms with E-state index in [4.69, 9.17) is 9.05 Å². The number of likely N-dealkylation sites (N-methyl/N-ethyl adjacent to an activating group) is 1. The summed E-state index contributed by atoms with van der Waals surface area (Å²) in [6, 6.07) is -0.910. The van der Waals surface area contributed by atoms with Gasteiger partial charge in [0, 0.05) is 6.42 Å². The lowest BCUT2D eigenvalue weighted by molar-refractivity contribution is -0.870. The minimum atomic E-state index is -4.60. The SMILES string of the molecule is CCCC/C=C/CC/C=C/CC/C=C/C(O)C(COP(=O)([O-])OCC[N+](C)(C)C)NC(=O)CCCCCCCCC/C=C\CCCCCCCCCCCC. The summed E-state index contributed by atoms with van der Waals surface area (Å²) in [7, 11) is 1.23. The summed E-state index contributed by atoms with van der Waals surface area (Å²) in [5.41, 5.74) is 0. The van der Waals surface area contributed by atoms with Crippen LogP contribution in [0, 0.1) is 0 Å². The van der Waals surface area contributed by atoms with E-state index in [1.807, 2.05) is 27.2 Å². The van der Waals surface area contributed by atoms with Crippen LogP contribution in [0.15, 0.2) is 48.6 Å². The molecule has 1 amide bonds. The highest BCUT2D eigenvalue weighted by atomic mass is 31.2. The van der Waals surface area contributed by atoms with Crippen LogP contribution in [0.2, 0.25) is 0 Å². The maximum absolute atomic E-state index is 12.8. The normalized spacial score (nSPS) is 14.8. The van der Waals surface area contributed by atoms with Crippen molar-refractivity contribution in [3.8, 4) is 0 Å². The third kappa shape index (κ3) is 40.5. The molecule has 0 aromatic heterocycles. The van der Waals surface area contributed by atoms with Crippen LogP contribution in [-0.4, -0.2) is 68.5 Å². The van der Waals surface area contributed by atoms with Crippen LogP contribution in [0.3, 0.4) is 0 Å². The number of aliphatic hydroxyl groups excluding tert-OH is 1. The summed E-state index contributed by atoms with van der Waals surface area (Å²) in [6.07, 6.45) is 47.4. The van der Waals surface area contributed by atoms with Gasteiger partial charge in [0.2, 0.25) is 5.91 Å². The van der Waals surface area contributed by atoms with Gasteiger partial charge in [-0.1, -0.05) is 165 Å². The van der Waals surface area contributed by atoms with Crippen LogP contribution in [-0.2, 0) is 18.4 Å². The fraction of sp³-hybridized carbons (Fsp3) is 0.804. The van der Waals surface area contributed by atoms with E-state index >= 15 is 0 Å². The fourth-order valence-corrected chi connectivity index (χ4v) is 6.83. The van der Waals surface area contributed by atoms with Gasteiger partial charge >= 0.3 is 0 Å². The van der Waals surface area contributed by atoms with E-state index in [1.54, 1.807) is 6.08 Å². The number of carbonyl (C=O) groups is 1. The first kappa shape index (κ1) is 53.5. The Hall–Kier alpha value is -1.54. The monoisotopic (exact) mass is 795 g/mol. The number of allylic oxidation sites excluding steroid dienone is 7. The number of carbonyl (C=O) groups excluding carboxylic acids is 1. The number of amides is 1. The van der Waals surface area contributed by atoms with Gasteiger partial charge in [-0.15, -0.1) is 0 Å². The molecule has 55 heavy (non-hydrogen) atoms. The van der Waals surface area contributed by atoms with E-state index in [0.717, 1.165) is 51.4 Å². The smallest absolute Gasteiger partial charge is 0.268 e. The number of nitrogens with zero attached hydrogens (tertiary/aromatic N) is 1. The molecule has 0 aliphatic rings. The van der Waals surface area contributed by atoms with Crippen molar-refractivity contribution in [2.24, 2.45) is 0 Å². The molecular formula is C46H87N2O6P. The maximum Gasteiger partial charge on any atom is 0.268 e. The van der Waals surface area contributed by atoms with Crippen LogP contribution in [0.4, 0.5) is 0 Å². The standard InChI is InChI=1S/C46H87N2O6P/c1-6-8-10-12-14-16-18-20-21-22-23-24-25-26-27-28-30-32-34-36-38-40-46(50)47-44(43-54-55(51,52)53-42-41-48(3,4)5)45(49)39-37-35-33-31-29-19-17-15-13-11-9-7-2/h13,15,24-25,29,31,37,39,44-45,49H,6-12,14,16-23,26-28,30,32-36,38,40-43H2,1-5H3,(H-,47,50,51,52)/b15-13+,25-24-,31-29+,39-37+. The average Bonchev–Trinajstić information content (AvgIpc) is 3.13. The Morgan fingerprint density at radius 2 is 1.04 bits per heavy atom. The second kappa shape index (κ2) is 38.0. The van der Waals surface area contributed by atoms with E-state index in [-0.39, 0.29) is 12.5 Å². The Balaban J connectivity index is 4.38. The van der Waals surface area contributed by atoms with E-state index in [0.29, 0.717) is 17.4 Å². The van der Waals surface area contributed by atoms with E-state index in [9.17, 15) is 19.4 Å². The van der Waals surface area contributed by atoms with Crippen molar-refractivity contribution >= 4 is 13.7 Å². The molecule has 0 aliphatic heterocycles. The first-order valence-electron chi connectivity index (χ1n) is 22.5. The molecule has 8 nitrogen and oxygen atoms in total. The first-order chi connectivity index (χ1) is 26.5. The Morgan fingerprint density at radius 3 is 1.53 bits per heavy atom. The average molecular weight is 795 g/mol. The van der Waals surface area contributed by atoms with E-state index in [1.165, 1.54) is 116 Å². The Labute approximate surface area is 339 Å². The highest BCUT2D eigenvalue weighted by molar-refractivity contribution is 7.45. The number of phosphoric ester groups is 1. The van der Waals surface area contributed by atoms with Crippen molar-refractivity contribution in [1.29, 1.82) is 0 Å². The van der Waals surface area contributed by atoms with Crippen LogP contribution in [0.1, 0.15) is 187 Å². The van der Waals surface area contributed by atoms with E-state index in [2.05, 4.69) is 55.6 Å². The highest BCUT2D eigenvalue weighted by Gasteiger charge is 2.23. The van der Waals surface area contributed by atoms with Gasteiger partial charge < -0.3 is 28.8 Å². The van der Waals surface area contributed by atoms with Gasteiger partial charge in [-0.2, -0.15) is 0 Å². The van der Waals surface area contributed by atoms with Gasteiger partial charge in [-0.3, -0.25) is 9.36 Å². The summed E-state index contributed by atoms with van der Waals surface area (Å²) in [5.74, 6) is -0.219. The molecule has 0 aromatic carbocycles. The summed E-state index contributed by atoms with van der Waals surface area (Å²) in [6.45, 7) is 4.55. The largest absolute Gasteiger partial charge is 0.756 e. The molecule has 3 atom stereocenters. The molecule has 0 aromatic rings.